The fraction of sp³-hybridized carbons (Fsp3) is 0. The largest absolute Gasteiger partial charge is 0.374 e. The van der Waals surface area contributed by atoms with Crippen LogP contribution in [-0.4, -0.2) is 11.0 Å². The number of nitrogens with two attached hydrogens (primary N) is 1. The number of carbonyl (C=O) groups is 1. The molecule has 0 spiro atoms. The number of hydrogen-bond acceptors (Lipinski definition) is 2. The number of para-hydroxylation sites is 1. The van der Waals surface area contributed by atoms with Gasteiger partial charge in [-0.3, -0.25) is 10.2 Å². The van der Waals surface area contributed by atoms with Crippen molar-refractivity contribution in [1.29, 1.82) is 0 Å². The molecule has 0 aromatic heterocycles. The van der Waals surface area contributed by atoms with Gasteiger partial charge in [-0.15, -0.1) is 0 Å². The Morgan fingerprint density at radius 2 is 1.70 bits per heavy atom. The molecule has 0 aliphatic heterocycles. The third kappa shape index (κ3) is 3.45. The number of carbonyl (C=O) groups excluding carboxylic acids is 1. The third-order valence-electron chi connectivity index (χ3n) is 2.57. The number of halogens is 1. The van der Waals surface area contributed by atoms with Gasteiger partial charge in [0.2, 0.25) is 0 Å². The maximum Gasteiger partial charge on any atom is 0.271 e. The number of amides is 1. The molecule has 2 aromatic carbocycles. The average molecular weight is 397 g/mol. The van der Waals surface area contributed by atoms with Crippen molar-refractivity contribution >= 4 is 51.5 Å². The standard InChI is InChI=1S/C14H12IN3OS/c15-12-9-5-4-8-11(12)13(19)17-18(14(16)20)10-6-2-1-3-7-10/h1-9H,(H2,16,20)(H,17,19). The second-order valence-electron chi connectivity index (χ2n) is 3.93. The zero-order chi connectivity index (χ0) is 14.5. The van der Waals surface area contributed by atoms with Crippen LogP contribution in [-0.2, 0) is 0 Å². The first kappa shape index (κ1) is 14.7. The normalized spacial score (nSPS) is 9.85. The molecule has 2 rings (SSSR count). The van der Waals surface area contributed by atoms with E-state index in [4.69, 9.17) is 18.0 Å². The van der Waals surface area contributed by atoms with Crippen molar-refractivity contribution in [1.82, 2.24) is 5.43 Å². The zero-order valence-electron chi connectivity index (χ0n) is 10.4. The molecule has 0 bridgehead atoms. The second kappa shape index (κ2) is 6.67. The SMILES string of the molecule is NC(=S)N(NC(=O)c1ccccc1I)c1ccccc1. The summed E-state index contributed by atoms with van der Waals surface area (Å²) >= 11 is 7.10. The van der Waals surface area contributed by atoms with Crippen LogP contribution >= 0.6 is 34.8 Å². The van der Waals surface area contributed by atoms with E-state index >= 15 is 0 Å². The number of thiocarbonyl (C=S) groups is 1. The van der Waals surface area contributed by atoms with Crippen molar-refractivity contribution in [2.75, 3.05) is 5.01 Å². The lowest BCUT2D eigenvalue weighted by atomic mass is 10.2. The fourth-order valence-corrected chi connectivity index (χ4v) is 2.41. The van der Waals surface area contributed by atoms with Gasteiger partial charge in [0.15, 0.2) is 5.11 Å². The van der Waals surface area contributed by atoms with Gasteiger partial charge < -0.3 is 5.73 Å². The number of hydrazine groups is 1. The Morgan fingerprint density at radius 1 is 1.10 bits per heavy atom. The van der Waals surface area contributed by atoms with Crippen LogP contribution in [0.2, 0.25) is 0 Å². The van der Waals surface area contributed by atoms with Crippen LogP contribution in [0.25, 0.3) is 0 Å². The first-order valence-electron chi connectivity index (χ1n) is 5.79. The molecule has 0 heterocycles. The van der Waals surface area contributed by atoms with Crippen molar-refractivity contribution in [2.45, 2.75) is 0 Å². The summed E-state index contributed by atoms with van der Waals surface area (Å²) in [4.78, 5) is 12.3. The van der Waals surface area contributed by atoms with Crippen LogP contribution in [0, 0.1) is 3.57 Å². The number of benzene rings is 2. The number of anilines is 1. The van der Waals surface area contributed by atoms with E-state index in [0.29, 0.717) is 11.3 Å². The minimum atomic E-state index is -0.258. The summed E-state index contributed by atoms with van der Waals surface area (Å²) in [7, 11) is 0. The topological polar surface area (TPSA) is 58.4 Å². The Morgan fingerprint density at radius 3 is 2.30 bits per heavy atom. The van der Waals surface area contributed by atoms with E-state index in [9.17, 15) is 4.79 Å². The maximum absolute atomic E-state index is 12.3. The highest BCUT2D eigenvalue weighted by Gasteiger charge is 2.15. The minimum absolute atomic E-state index is 0.0792. The summed E-state index contributed by atoms with van der Waals surface area (Å²) in [5.41, 5.74) is 9.67. The zero-order valence-corrected chi connectivity index (χ0v) is 13.4. The molecule has 102 valence electrons. The summed E-state index contributed by atoms with van der Waals surface area (Å²) in [6.45, 7) is 0. The molecule has 1 amide bonds. The van der Waals surface area contributed by atoms with Gasteiger partial charge in [-0.05, 0) is 59.1 Å². The highest BCUT2D eigenvalue weighted by Crippen LogP contribution is 2.14. The van der Waals surface area contributed by atoms with Crippen molar-refractivity contribution < 1.29 is 4.79 Å². The molecule has 2 aromatic rings. The molecule has 0 fully saturated rings. The van der Waals surface area contributed by atoms with Crippen LogP contribution in [0.5, 0.6) is 0 Å². The summed E-state index contributed by atoms with van der Waals surface area (Å²) in [5, 5.41) is 1.47. The van der Waals surface area contributed by atoms with Gasteiger partial charge in [0.25, 0.3) is 5.91 Å². The van der Waals surface area contributed by atoms with Crippen molar-refractivity contribution in [3.8, 4) is 0 Å². The van der Waals surface area contributed by atoms with Gasteiger partial charge in [-0.1, -0.05) is 30.3 Å². The molecule has 0 aliphatic rings. The van der Waals surface area contributed by atoms with Gasteiger partial charge in [-0.2, -0.15) is 0 Å². The Hall–Kier alpha value is -1.67. The molecule has 0 radical (unpaired) electrons. The first-order valence-corrected chi connectivity index (χ1v) is 7.28. The maximum atomic E-state index is 12.3. The van der Waals surface area contributed by atoms with Crippen molar-refractivity contribution in [2.24, 2.45) is 5.73 Å². The Balaban J connectivity index is 2.24. The summed E-state index contributed by atoms with van der Waals surface area (Å²) in [6, 6.07) is 16.5. The van der Waals surface area contributed by atoms with E-state index in [0.717, 1.165) is 3.57 Å². The van der Waals surface area contributed by atoms with Gasteiger partial charge in [-0.25, -0.2) is 5.01 Å². The Kier molecular flexibility index (Phi) is 4.91. The fourth-order valence-electron chi connectivity index (χ4n) is 1.63. The van der Waals surface area contributed by atoms with Gasteiger partial charge in [0.1, 0.15) is 0 Å². The molecule has 0 atom stereocenters. The quantitative estimate of drug-likeness (QED) is 0.465. The monoisotopic (exact) mass is 397 g/mol. The lowest BCUT2D eigenvalue weighted by Gasteiger charge is -2.23. The predicted molar refractivity (Wildman–Crippen MR) is 92.3 cm³/mol. The molecule has 6 heteroatoms. The molecule has 3 N–H and O–H groups in total. The van der Waals surface area contributed by atoms with Gasteiger partial charge >= 0.3 is 0 Å². The molecular weight excluding hydrogens is 385 g/mol. The van der Waals surface area contributed by atoms with Crippen LogP contribution in [0.4, 0.5) is 5.69 Å². The third-order valence-corrected chi connectivity index (χ3v) is 3.69. The van der Waals surface area contributed by atoms with E-state index in [-0.39, 0.29) is 11.0 Å². The van der Waals surface area contributed by atoms with Crippen LogP contribution < -0.4 is 16.2 Å². The minimum Gasteiger partial charge on any atom is -0.374 e. The van der Waals surface area contributed by atoms with Crippen molar-refractivity contribution in [3.05, 3.63) is 63.7 Å². The summed E-state index contributed by atoms with van der Waals surface area (Å²) in [5.74, 6) is -0.258. The summed E-state index contributed by atoms with van der Waals surface area (Å²) in [6.07, 6.45) is 0. The molecule has 20 heavy (non-hydrogen) atoms. The van der Waals surface area contributed by atoms with E-state index in [2.05, 4.69) is 28.0 Å². The van der Waals surface area contributed by atoms with Gasteiger partial charge in [0, 0.05) is 3.57 Å². The molecule has 4 nitrogen and oxygen atoms in total. The molecule has 0 aliphatic carbocycles. The lowest BCUT2D eigenvalue weighted by Crippen LogP contribution is -2.49. The lowest BCUT2D eigenvalue weighted by molar-refractivity contribution is 0.0954. The van der Waals surface area contributed by atoms with E-state index in [1.54, 1.807) is 6.07 Å². The number of hydrogen-bond donors (Lipinski definition) is 2. The Bertz CT molecular complexity index is 633. The van der Waals surface area contributed by atoms with Crippen LogP contribution in [0.3, 0.4) is 0 Å². The van der Waals surface area contributed by atoms with Crippen LogP contribution in [0.15, 0.2) is 54.6 Å². The number of rotatable bonds is 2. The van der Waals surface area contributed by atoms with E-state index in [1.807, 2.05) is 48.5 Å². The number of nitrogens with one attached hydrogen (secondary N) is 1. The average Bonchev–Trinajstić information content (AvgIpc) is 2.45. The van der Waals surface area contributed by atoms with E-state index < -0.39 is 0 Å². The number of nitrogens with zero attached hydrogens (tertiary/aromatic N) is 1. The second-order valence-corrected chi connectivity index (χ2v) is 5.51. The highest BCUT2D eigenvalue weighted by atomic mass is 127. The van der Waals surface area contributed by atoms with Crippen LogP contribution in [0.1, 0.15) is 10.4 Å². The molecular formula is C14H12IN3OS. The summed E-state index contributed by atoms with van der Waals surface area (Å²) < 4.78 is 0.860. The molecule has 0 saturated heterocycles. The molecule has 0 saturated carbocycles. The smallest absolute Gasteiger partial charge is 0.271 e. The molecule has 0 unspecified atom stereocenters. The highest BCUT2D eigenvalue weighted by molar-refractivity contribution is 14.1. The van der Waals surface area contributed by atoms with Gasteiger partial charge in [0.05, 0.1) is 11.3 Å². The van der Waals surface area contributed by atoms with E-state index in [1.165, 1.54) is 5.01 Å². The van der Waals surface area contributed by atoms with Crippen molar-refractivity contribution in [3.63, 3.8) is 0 Å². The Labute approximate surface area is 136 Å². The first-order chi connectivity index (χ1) is 9.59. The predicted octanol–water partition coefficient (Wildman–Crippen LogP) is 2.69.